The van der Waals surface area contributed by atoms with Gasteiger partial charge in [-0.2, -0.15) is 4.98 Å². The number of carbonyl (C=O) groups excluding carboxylic acids is 1. The summed E-state index contributed by atoms with van der Waals surface area (Å²) < 4.78 is 5.16. The fourth-order valence-corrected chi connectivity index (χ4v) is 4.40. The molecule has 0 radical (unpaired) electrons. The van der Waals surface area contributed by atoms with Gasteiger partial charge in [0.25, 0.3) is 0 Å². The lowest BCUT2D eigenvalue weighted by atomic mass is 10.1. The van der Waals surface area contributed by atoms with Gasteiger partial charge in [-0.3, -0.25) is 10.2 Å². The maximum atomic E-state index is 12.3. The molecule has 0 aliphatic carbocycles. The first-order chi connectivity index (χ1) is 15.1. The lowest BCUT2D eigenvalue weighted by Gasteiger charge is -2.37. The predicted octanol–water partition coefficient (Wildman–Crippen LogP) is 2.56. The van der Waals surface area contributed by atoms with Crippen molar-refractivity contribution in [1.82, 2.24) is 24.9 Å². The number of piperazine rings is 1. The van der Waals surface area contributed by atoms with Crippen molar-refractivity contribution in [2.24, 2.45) is 0 Å². The highest BCUT2D eigenvalue weighted by Crippen LogP contribution is 2.29. The number of hydrogen-bond donors (Lipinski definition) is 2. The van der Waals surface area contributed by atoms with Gasteiger partial charge in [0.15, 0.2) is 15.5 Å². The number of anilines is 1. The third kappa shape index (κ3) is 5.02. The Bertz CT molecular complexity index is 1060. The molecule has 1 aliphatic heterocycles. The van der Waals surface area contributed by atoms with Crippen LogP contribution in [0.5, 0.6) is 5.88 Å². The molecule has 31 heavy (non-hydrogen) atoms. The average Bonchev–Trinajstić information content (AvgIpc) is 3.18. The number of nitrogens with one attached hydrogen (secondary N) is 1. The Morgan fingerprint density at radius 1 is 1.32 bits per heavy atom. The molecule has 1 unspecified atom stereocenters. The van der Waals surface area contributed by atoms with Crippen LogP contribution in [0.4, 0.5) is 9.93 Å². The van der Waals surface area contributed by atoms with Crippen molar-refractivity contribution in [3.63, 3.8) is 0 Å². The van der Waals surface area contributed by atoms with E-state index in [2.05, 4.69) is 25.2 Å². The second kappa shape index (κ2) is 9.71. The lowest BCUT2D eigenvalue weighted by molar-refractivity contribution is -0.124. The summed E-state index contributed by atoms with van der Waals surface area (Å²) in [5.41, 5.74) is 1.44. The van der Waals surface area contributed by atoms with Gasteiger partial charge in [0.1, 0.15) is 6.33 Å². The van der Waals surface area contributed by atoms with E-state index in [0.29, 0.717) is 52.6 Å². The molecular weight excluding hydrogens is 444 g/mol. The van der Waals surface area contributed by atoms with Crippen molar-refractivity contribution in [2.75, 3.05) is 45.2 Å². The van der Waals surface area contributed by atoms with Crippen LogP contribution in [0.25, 0.3) is 10.3 Å². The number of aliphatic hydroxyl groups is 1. The van der Waals surface area contributed by atoms with Crippen LogP contribution in [0.2, 0.25) is 5.02 Å². The van der Waals surface area contributed by atoms with Crippen LogP contribution in [0.3, 0.4) is 0 Å². The largest absolute Gasteiger partial charge is 0.479 e. The first-order valence-corrected chi connectivity index (χ1v) is 10.8. The van der Waals surface area contributed by atoms with Gasteiger partial charge in [0.2, 0.25) is 5.88 Å². The molecule has 4 rings (SSSR count). The maximum absolute atomic E-state index is 12.3. The summed E-state index contributed by atoms with van der Waals surface area (Å²) in [7, 11) is 1.50. The van der Waals surface area contributed by atoms with Crippen LogP contribution < -0.4 is 10.1 Å². The number of hydroxylamine groups is 2. The molecule has 3 aromatic rings. The maximum Gasteiger partial charge on any atom is 0.432 e. The fourth-order valence-electron chi connectivity index (χ4n) is 3.42. The number of methoxy groups -OCH3 is 1. The van der Waals surface area contributed by atoms with Gasteiger partial charge in [0, 0.05) is 31.2 Å². The highest BCUT2D eigenvalue weighted by molar-refractivity contribution is 7.22. The third-order valence-electron chi connectivity index (χ3n) is 4.90. The first kappa shape index (κ1) is 21.7. The summed E-state index contributed by atoms with van der Waals surface area (Å²) in [5.74, 6) is 0.344. The van der Waals surface area contributed by atoms with Gasteiger partial charge >= 0.3 is 6.09 Å². The van der Waals surface area contributed by atoms with Crippen LogP contribution in [0.15, 0.2) is 30.6 Å². The number of rotatable bonds is 6. The second-order valence-corrected chi connectivity index (χ2v) is 8.19. The third-order valence-corrected chi connectivity index (χ3v) is 6.01. The van der Waals surface area contributed by atoms with Crippen molar-refractivity contribution >= 4 is 44.5 Å². The Morgan fingerprint density at radius 2 is 2.13 bits per heavy atom. The van der Waals surface area contributed by atoms with Crippen molar-refractivity contribution in [3.8, 4) is 5.88 Å². The van der Waals surface area contributed by atoms with Gasteiger partial charge in [-0.15, -0.1) is 5.06 Å². The number of carbonyl (C=O) groups is 1. The molecule has 0 spiro atoms. The number of amides is 1. The molecule has 1 aromatic carbocycles. The Hall–Kier alpha value is -2.57. The van der Waals surface area contributed by atoms with E-state index in [4.69, 9.17) is 21.2 Å². The zero-order chi connectivity index (χ0) is 21.8. The van der Waals surface area contributed by atoms with E-state index in [1.807, 2.05) is 18.2 Å². The smallest absolute Gasteiger partial charge is 0.432 e. The minimum Gasteiger partial charge on any atom is -0.479 e. The van der Waals surface area contributed by atoms with Crippen molar-refractivity contribution in [1.29, 1.82) is 0 Å². The van der Waals surface area contributed by atoms with Crippen molar-refractivity contribution in [2.45, 2.75) is 6.04 Å². The average molecular weight is 465 g/mol. The van der Waals surface area contributed by atoms with Gasteiger partial charge in [0.05, 0.1) is 19.8 Å². The monoisotopic (exact) mass is 464 g/mol. The molecule has 2 aromatic heterocycles. The Kier molecular flexibility index (Phi) is 6.78. The van der Waals surface area contributed by atoms with E-state index < -0.39 is 6.09 Å². The number of nitrogens with zero attached hydrogens (tertiary/aromatic N) is 5. The Morgan fingerprint density at radius 3 is 2.84 bits per heavy atom. The normalized spacial score (nSPS) is 16.2. The molecule has 164 valence electrons. The van der Waals surface area contributed by atoms with E-state index in [0.717, 1.165) is 5.56 Å². The fraction of sp³-hybridized carbons (Fsp3) is 0.368. The molecule has 1 aliphatic rings. The van der Waals surface area contributed by atoms with Gasteiger partial charge < -0.3 is 14.7 Å². The zero-order valence-corrected chi connectivity index (χ0v) is 18.3. The van der Waals surface area contributed by atoms with Crippen LogP contribution in [0.1, 0.15) is 11.6 Å². The SMILES string of the molecule is COc1ncnc2sc(NC(=O)ON3CCN(C(CO)c4cccc(Cl)c4)CC3)nc12. The number of ether oxygens (including phenoxy) is 1. The number of aromatic nitrogens is 3. The highest BCUT2D eigenvalue weighted by atomic mass is 35.5. The molecular formula is C19H21ClN6O4S. The summed E-state index contributed by atoms with van der Waals surface area (Å²) in [6.45, 7) is 2.23. The first-order valence-electron chi connectivity index (χ1n) is 9.57. The van der Waals surface area contributed by atoms with E-state index in [1.54, 1.807) is 11.1 Å². The Balaban J connectivity index is 1.32. The highest BCUT2D eigenvalue weighted by Gasteiger charge is 2.27. The second-order valence-electron chi connectivity index (χ2n) is 6.78. The molecule has 1 fully saturated rings. The van der Waals surface area contributed by atoms with E-state index in [-0.39, 0.29) is 12.6 Å². The minimum absolute atomic E-state index is 0.0222. The molecule has 1 saturated heterocycles. The van der Waals surface area contributed by atoms with E-state index in [9.17, 15) is 9.90 Å². The van der Waals surface area contributed by atoms with Crippen LogP contribution in [-0.4, -0.2) is 76.0 Å². The summed E-state index contributed by atoms with van der Waals surface area (Å²) in [6, 6.07) is 7.32. The lowest BCUT2D eigenvalue weighted by Crippen LogP contribution is -2.49. The van der Waals surface area contributed by atoms with Gasteiger partial charge in [-0.05, 0) is 17.7 Å². The topological polar surface area (TPSA) is 113 Å². The quantitative estimate of drug-likeness (QED) is 0.568. The number of halogens is 1. The zero-order valence-electron chi connectivity index (χ0n) is 16.7. The summed E-state index contributed by atoms with van der Waals surface area (Å²) >= 11 is 7.29. The standard InChI is InChI=1S/C19H21ClN6O4S/c1-29-16-15-17(22-11-21-16)31-18(23-15)24-19(28)30-26-7-5-25(6-8-26)14(10-27)12-3-2-4-13(20)9-12/h2-4,9,11,14,27H,5-8,10H2,1H3,(H,23,24,28). The van der Waals surface area contributed by atoms with Crippen LogP contribution in [-0.2, 0) is 4.84 Å². The molecule has 12 heteroatoms. The molecule has 0 bridgehead atoms. The molecule has 0 saturated carbocycles. The van der Waals surface area contributed by atoms with Gasteiger partial charge in [-0.1, -0.05) is 35.1 Å². The molecule has 1 atom stereocenters. The summed E-state index contributed by atoms with van der Waals surface area (Å²) in [4.78, 5) is 32.9. The predicted molar refractivity (Wildman–Crippen MR) is 116 cm³/mol. The number of fused-ring (bicyclic) bond motifs is 1. The van der Waals surface area contributed by atoms with E-state index >= 15 is 0 Å². The van der Waals surface area contributed by atoms with Crippen molar-refractivity contribution in [3.05, 3.63) is 41.2 Å². The summed E-state index contributed by atoms with van der Waals surface area (Å²) in [5, 5.41) is 15.1. The van der Waals surface area contributed by atoms with E-state index in [1.165, 1.54) is 24.8 Å². The molecule has 1 amide bonds. The minimum atomic E-state index is -0.631. The molecule has 3 heterocycles. The van der Waals surface area contributed by atoms with Gasteiger partial charge in [-0.25, -0.2) is 14.8 Å². The van der Waals surface area contributed by atoms with Crippen LogP contribution >= 0.6 is 22.9 Å². The van der Waals surface area contributed by atoms with Crippen LogP contribution in [0, 0.1) is 0 Å². The Labute approximate surface area is 187 Å². The number of aliphatic hydroxyl groups excluding tert-OH is 1. The number of benzene rings is 1. The molecule has 10 nitrogen and oxygen atoms in total. The number of hydrogen-bond acceptors (Lipinski definition) is 10. The number of thiazole rings is 1. The molecule has 2 N–H and O–H groups in total. The summed E-state index contributed by atoms with van der Waals surface area (Å²) in [6.07, 6.45) is 0.747. The van der Waals surface area contributed by atoms with Crippen molar-refractivity contribution < 1.29 is 19.5 Å².